The van der Waals surface area contributed by atoms with E-state index in [0.29, 0.717) is 18.9 Å². The molecule has 4 atom stereocenters. The van der Waals surface area contributed by atoms with E-state index in [2.05, 4.69) is 41.9 Å². The normalized spacial score (nSPS) is 18.4. The number of hydrogen-bond donors (Lipinski definition) is 3. The number of imidazole rings is 2. The molecule has 14 nitrogen and oxygen atoms in total. The summed E-state index contributed by atoms with van der Waals surface area (Å²) in [5, 5.41) is 2.69. The molecule has 14 heteroatoms. The molecule has 3 amide bonds. The quantitative estimate of drug-likeness (QED) is 0.0676. The number of alkyl carbamates (subject to hydrolysis) is 1. The highest BCUT2D eigenvalue weighted by molar-refractivity contribution is 5.86. The minimum atomic E-state index is -0.687. The van der Waals surface area contributed by atoms with Gasteiger partial charge >= 0.3 is 6.09 Å². The van der Waals surface area contributed by atoms with E-state index < -0.39 is 18.2 Å². The molecule has 4 aromatic rings. The van der Waals surface area contributed by atoms with Gasteiger partial charge in [0.25, 0.3) is 0 Å². The van der Waals surface area contributed by atoms with Gasteiger partial charge in [0.2, 0.25) is 18.2 Å². The standard InChI is InChI=1S/C38H44N8O6/c1-23(2)33(44-38(49)50-4)37(48)46-19-6-8-31(46)34-39-21-30(43-34)27-15-12-25(13-16-27)10-11-26-14-17-28-29(20-26)42-35(41-28)32-9-7-18-45(32)36(47)24(3)40-22-52-51-5/h12-17,20-24,31-33H,6-9,18-19H2,1-5H3,(H,39,43)(H,41,42)(H,44,49)/b40-22-/t24-,31-,32-,33-/m0/s1. The maximum absolute atomic E-state index is 13.5. The van der Waals surface area contributed by atoms with Crippen LogP contribution in [-0.4, -0.2) is 93.4 Å². The smallest absolute Gasteiger partial charge is 0.407 e. The van der Waals surface area contributed by atoms with Crippen LogP contribution in [0.3, 0.4) is 0 Å². The first kappa shape index (κ1) is 36.1. The number of benzene rings is 2. The van der Waals surface area contributed by atoms with E-state index in [0.717, 1.165) is 71.3 Å². The Hall–Kier alpha value is -5.68. The number of rotatable bonds is 10. The summed E-state index contributed by atoms with van der Waals surface area (Å²) in [7, 11) is 2.66. The first-order chi connectivity index (χ1) is 25.2. The van der Waals surface area contributed by atoms with Crippen LogP contribution in [0.1, 0.15) is 81.3 Å². The molecule has 0 radical (unpaired) electrons. The van der Waals surface area contributed by atoms with Gasteiger partial charge in [-0.2, -0.15) is 4.89 Å². The van der Waals surface area contributed by atoms with E-state index in [-0.39, 0.29) is 29.8 Å². The zero-order valence-corrected chi connectivity index (χ0v) is 30.0. The van der Waals surface area contributed by atoms with Gasteiger partial charge < -0.3 is 34.7 Å². The number of carbonyl (C=O) groups is 3. The third-order valence-corrected chi connectivity index (χ3v) is 9.51. The molecule has 272 valence electrons. The number of ether oxygens (including phenoxy) is 1. The second kappa shape index (κ2) is 16.1. The summed E-state index contributed by atoms with van der Waals surface area (Å²) < 4.78 is 4.74. The molecule has 0 saturated carbocycles. The highest BCUT2D eigenvalue weighted by atomic mass is 17.2. The Bertz CT molecular complexity index is 1990. The van der Waals surface area contributed by atoms with Crippen molar-refractivity contribution in [1.29, 1.82) is 0 Å². The summed E-state index contributed by atoms with van der Waals surface area (Å²) in [6.45, 7) is 6.75. The average molecular weight is 709 g/mol. The van der Waals surface area contributed by atoms with Crippen molar-refractivity contribution < 1.29 is 28.9 Å². The molecule has 3 N–H and O–H groups in total. The van der Waals surface area contributed by atoms with Crippen molar-refractivity contribution in [1.82, 2.24) is 35.1 Å². The Morgan fingerprint density at radius 3 is 2.29 bits per heavy atom. The van der Waals surface area contributed by atoms with Crippen molar-refractivity contribution in [3.8, 4) is 23.1 Å². The lowest BCUT2D eigenvalue weighted by Gasteiger charge is -2.29. The Kier molecular flexibility index (Phi) is 11.2. The third kappa shape index (κ3) is 7.94. The lowest BCUT2D eigenvalue weighted by molar-refractivity contribution is -0.188. The van der Waals surface area contributed by atoms with Crippen LogP contribution in [0.5, 0.6) is 0 Å². The van der Waals surface area contributed by atoms with Crippen molar-refractivity contribution >= 4 is 35.3 Å². The molecule has 2 saturated heterocycles. The summed E-state index contributed by atoms with van der Waals surface area (Å²) >= 11 is 0. The second-order valence-electron chi connectivity index (χ2n) is 13.3. The summed E-state index contributed by atoms with van der Waals surface area (Å²) in [5.74, 6) is 7.61. The monoisotopic (exact) mass is 708 g/mol. The molecular formula is C38H44N8O6. The SMILES string of the molecule is COO/C=N\[C@@H](C)C(=O)N1CCC[C@H]1c1nc2cc(C#Cc3ccc(-c4c[nH]c([C@@H]5CCCN5C(=O)[C@@H](NC(=O)OC)C(C)C)n4)cc3)ccc2[nH]1. The number of aromatic nitrogens is 4. The molecule has 6 rings (SSSR count). The number of nitrogens with one attached hydrogen (secondary N) is 3. The van der Waals surface area contributed by atoms with Gasteiger partial charge in [0.15, 0.2) is 0 Å². The number of likely N-dealkylation sites (tertiary alicyclic amines) is 2. The fourth-order valence-electron chi connectivity index (χ4n) is 6.76. The van der Waals surface area contributed by atoms with Crippen molar-refractivity contribution in [2.24, 2.45) is 10.9 Å². The van der Waals surface area contributed by atoms with Crippen molar-refractivity contribution in [3.05, 3.63) is 71.4 Å². The fourth-order valence-corrected chi connectivity index (χ4v) is 6.76. The highest BCUT2D eigenvalue weighted by Gasteiger charge is 2.38. The van der Waals surface area contributed by atoms with E-state index in [1.807, 2.05) is 67.4 Å². The van der Waals surface area contributed by atoms with Crippen LogP contribution in [-0.2, 0) is 24.1 Å². The average Bonchev–Trinajstić information content (AvgIpc) is 3.98. The summed E-state index contributed by atoms with van der Waals surface area (Å²) in [5.41, 5.74) is 5.03. The summed E-state index contributed by atoms with van der Waals surface area (Å²) in [6, 6.07) is 12.1. The highest BCUT2D eigenvalue weighted by Crippen LogP contribution is 2.34. The number of hydrogen-bond acceptors (Lipinski definition) is 9. The third-order valence-electron chi connectivity index (χ3n) is 9.51. The number of nitrogens with zero attached hydrogens (tertiary/aromatic N) is 5. The summed E-state index contributed by atoms with van der Waals surface area (Å²) in [4.78, 5) is 71.8. The largest absolute Gasteiger partial charge is 0.453 e. The van der Waals surface area contributed by atoms with E-state index in [1.54, 1.807) is 11.8 Å². The Morgan fingerprint density at radius 1 is 0.923 bits per heavy atom. The molecule has 52 heavy (non-hydrogen) atoms. The number of methoxy groups -OCH3 is 1. The topological polar surface area (TPSA) is 167 Å². The van der Waals surface area contributed by atoms with Crippen LogP contribution in [0, 0.1) is 17.8 Å². The first-order valence-corrected chi connectivity index (χ1v) is 17.5. The van der Waals surface area contributed by atoms with Gasteiger partial charge in [-0.3, -0.25) is 9.59 Å². The van der Waals surface area contributed by atoms with E-state index in [4.69, 9.17) is 14.7 Å². The molecular weight excluding hydrogens is 664 g/mol. The van der Waals surface area contributed by atoms with Crippen LogP contribution in [0.25, 0.3) is 22.3 Å². The number of aromatic amines is 2. The van der Waals surface area contributed by atoms with Crippen LogP contribution in [0.15, 0.2) is 53.7 Å². The second-order valence-corrected chi connectivity index (χ2v) is 13.3. The predicted octanol–water partition coefficient (Wildman–Crippen LogP) is 5.06. The number of aliphatic imine (C=N–C) groups is 1. The number of carbonyl (C=O) groups excluding carboxylic acids is 3. The van der Waals surface area contributed by atoms with Crippen molar-refractivity contribution in [3.63, 3.8) is 0 Å². The molecule has 2 aromatic carbocycles. The lowest BCUT2D eigenvalue weighted by Crippen LogP contribution is -2.51. The van der Waals surface area contributed by atoms with Gasteiger partial charge in [0.05, 0.1) is 43.0 Å². The lowest BCUT2D eigenvalue weighted by atomic mass is 10.0. The van der Waals surface area contributed by atoms with Gasteiger partial charge in [-0.15, -0.1) is 0 Å². The molecule has 2 aromatic heterocycles. The van der Waals surface area contributed by atoms with Crippen LogP contribution < -0.4 is 5.32 Å². The molecule has 4 heterocycles. The first-order valence-electron chi connectivity index (χ1n) is 17.5. The van der Waals surface area contributed by atoms with Crippen molar-refractivity contribution in [2.45, 2.75) is 70.6 Å². The van der Waals surface area contributed by atoms with E-state index >= 15 is 0 Å². The van der Waals surface area contributed by atoms with Gasteiger partial charge in [-0.25, -0.2) is 19.8 Å². The van der Waals surface area contributed by atoms with Crippen LogP contribution >= 0.6 is 0 Å². The van der Waals surface area contributed by atoms with Gasteiger partial charge in [0, 0.05) is 36.0 Å². The number of amides is 3. The van der Waals surface area contributed by atoms with Crippen LogP contribution in [0.4, 0.5) is 4.79 Å². The van der Waals surface area contributed by atoms with Crippen LogP contribution in [0.2, 0.25) is 0 Å². The summed E-state index contributed by atoms with van der Waals surface area (Å²) in [6.07, 6.45) is 5.68. The van der Waals surface area contributed by atoms with Gasteiger partial charge in [-0.1, -0.05) is 37.8 Å². The molecule has 2 aliphatic heterocycles. The molecule has 0 spiro atoms. The minimum Gasteiger partial charge on any atom is -0.453 e. The molecule has 0 bridgehead atoms. The Labute approximate surface area is 302 Å². The van der Waals surface area contributed by atoms with E-state index in [9.17, 15) is 14.4 Å². The minimum absolute atomic E-state index is 0.0946. The van der Waals surface area contributed by atoms with Crippen molar-refractivity contribution in [2.75, 3.05) is 27.3 Å². The Morgan fingerprint density at radius 2 is 1.60 bits per heavy atom. The maximum atomic E-state index is 13.5. The maximum Gasteiger partial charge on any atom is 0.407 e. The predicted molar refractivity (Wildman–Crippen MR) is 194 cm³/mol. The van der Waals surface area contributed by atoms with E-state index in [1.165, 1.54) is 14.2 Å². The zero-order chi connectivity index (χ0) is 36.8. The zero-order valence-electron chi connectivity index (χ0n) is 30.0. The molecule has 2 aliphatic rings. The fraction of sp³-hybridized carbons (Fsp3) is 0.421. The number of fused-ring (bicyclic) bond motifs is 1. The number of H-pyrrole nitrogens is 2. The molecule has 2 fully saturated rings. The molecule has 0 unspecified atom stereocenters. The van der Waals surface area contributed by atoms with Gasteiger partial charge in [0.1, 0.15) is 23.7 Å². The Balaban J connectivity index is 1.11. The molecule has 0 aliphatic carbocycles. The van der Waals surface area contributed by atoms with Gasteiger partial charge in [-0.05, 0) is 68.9 Å².